The topological polar surface area (TPSA) is 96.0 Å². The highest BCUT2D eigenvalue weighted by Gasteiger charge is 2.50. The third kappa shape index (κ3) is 3.36. The van der Waals surface area contributed by atoms with Gasteiger partial charge in [0.1, 0.15) is 11.2 Å². The number of halogens is 5. The molecule has 0 saturated carbocycles. The molecule has 0 bridgehead atoms. The third-order valence-electron chi connectivity index (χ3n) is 5.53. The minimum absolute atomic E-state index is 0.284. The van der Waals surface area contributed by atoms with Gasteiger partial charge in [-0.3, -0.25) is 9.59 Å². The van der Waals surface area contributed by atoms with E-state index < -0.39 is 62.4 Å². The summed E-state index contributed by atoms with van der Waals surface area (Å²) in [5.74, 6) is -5.22. The number of benzene rings is 2. The van der Waals surface area contributed by atoms with Crippen LogP contribution in [-0.2, 0) is 16.4 Å². The zero-order valence-corrected chi connectivity index (χ0v) is 17.6. The van der Waals surface area contributed by atoms with Crippen LogP contribution in [-0.4, -0.2) is 26.8 Å². The first-order valence-electron chi connectivity index (χ1n) is 9.61. The van der Waals surface area contributed by atoms with E-state index in [4.69, 9.17) is 11.6 Å². The van der Waals surface area contributed by atoms with Crippen LogP contribution in [0.5, 0.6) is 0 Å². The molecular weight excluding hydrogens is 478 g/mol. The monoisotopic (exact) mass is 489 g/mol. The summed E-state index contributed by atoms with van der Waals surface area (Å²) < 4.78 is 56.3. The lowest BCUT2D eigenvalue weighted by molar-refractivity contribution is -0.143. The molecular formula is C23H12ClF4N3O3. The van der Waals surface area contributed by atoms with Crippen molar-refractivity contribution in [2.24, 2.45) is 5.92 Å². The van der Waals surface area contributed by atoms with Crippen molar-refractivity contribution in [3.05, 3.63) is 88.4 Å². The number of alkyl halides is 3. The van der Waals surface area contributed by atoms with Crippen LogP contribution in [0.25, 0.3) is 10.9 Å². The summed E-state index contributed by atoms with van der Waals surface area (Å²) in [6.07, 6.45) is 0.207. The summed E-state index contributed by atoms with van der Waals surface area (Å²) in [5.41, 5.74) is -5.27. The Morgan fingerprint density at radius 1 is 1.18 bits per heavy atom. The summed E-state index contributed by atoms with van der Waals surface area (Å²) in [6.45, 7) is 0. The molecule has 1 aliphatic rings. The highest BCUT2D eigenvalue weighted by Crippen LogP contribution is 2.42. The molecule has 1 aromatic heterocycles. The molecule has 0 spiro atoms. The van der Waals surface area contributed by atoms with E-state index in [1.165, 1.54) is 30.4 Å². The standard InChI is InChI=1S/C23H12ClF4N3O3/c24-14-7-3-6-13(23(26,27)28)17(14)20(32)31-16-9-4-8-15(25)18(16)19(30-31)22(21(33)34)10-2-1-5-12(22)11-29/h1-10,12H,(H,33,34). The van der Waals surface area contributed by atoms with Crippen LogP contribution < -0.4 is 0 Å². The van der Waals surface area contributed by atoms with Crippen LogP contribution in [0.3, 0.4) is 0 Å². The van der Waals surface area contributed by atoms with Crippen molar-refractivity contribution in [2.75, 3.05) is 0 Å². The van der Waals surface area contributed by atoms with E-state index in [1.54, 1.807) is 0 Å². The van der Waals surface area contributed by atoms with Crippen LogP contribution >= 0.6 is 11.6 Å². The summed E-state index contributed by atoms with van der Waals surface area (Å²) in [5, 5.41) is 22.7. The zero-order valence-electron chi connectivity index (χ0n) is 16.8. The summed E-state index contributed by atoms with van der Waals surface area (Å²) in [7, 11) is 0. The van der Waals surface area contributed by atoms with Gasteiger partial charge < -0.3 is 5.11 Å². The molecule has 34 heavy (non-hydrogen) atoms. The fourth-order valence-electron chi connectivity index (χ4n) is 3.97. The number of nitrogens with zero attached hydrogens (tertiary/aromatic N) is 3. The van der Waals surface area contributed by atoms with Crippen molar-refractivity contribution in [2.45, 2.75) is 11.6 Å². The molecule has 0 amide bonds. The number of allylic oxidation sites excluding steroid dienone is 3. The molecule has 11 heteroatoms. The maximum Gasteiger partial charge on any atom is 0.417 e. The quantitative estimate of drug-likeness (QED) is 0.515. The average molecular weight is 490 g/mol. The molecule has 6 nitrogen and oxygen atoms in total. The van der Waals surface area contributed by atoms with Crippen molar-refractivity contribution in [1.82, 2.24) is 9.78 Å². The number of hydrogen-bond donors (Lipinski definition) is 1. The SMILES string of the molecule is N#CC1C=CC=CC1(C(=O)O)c1nn(C(=O)c2c(Cl)cccc2C(F)(F)F)c2cccc(F)c12. The van der Waals surface area contributed by atoms with Crippen LogP contribution in [0.15, 0.2) is 60.7 Å². The van der Waals surface area contributed by atoms with Crippen molar-refractivity contribution >= 4 is 34.4 Å². The van der Waals surface area contributed by atoms with E-state index in [1.807, 2.05) is 6.07 Å². The van der Waals surface area contributed by atoms with Gasteiger partial charge in [0.25, 0.3) is 5.91 Å². The average Bonchev–Trinajstić information content (AvgIpc) is 3.19. The largest absolute Gasteiger partial charge is 0.480 e. The molecule has 1 N–H and O–H groups in total. The van der Waals surface area contributed by atoms with Crippen LogP contribution in [0.4, 0.5) is 17.6 Å². The molecule has 0 saturated heterocycles. The number of aromatic nitrogens is 2. The van der Waals surface area contributed by atoms with Gasteiger partial charge in [-0.1, -0.05) is 48.0 Å². The number of rotatable bonds is 3. The van der Waals surface area contributed by atoms with Gasteiger partial charge in [-0.05, 0) is 24.3 Å². The van der Waals surface area contributed by atoms with E-state index in [0.29, 0.717) is 10.7 Å². The maximum atomic E-state index is 15.0. The summed E-state index contributed by atoms with van der Waals surface area (Å²) in [4.78, 5) is 25.8. The van der Waals surface area contributed by atoms with Gasteiger partial charge in [0.05, 0.1) is 44.7 Å². The number of nitriles is 1. The predicted molar refractivity (Wildman–Crippen MR) is 113 cm³/mol. The fourth-order valence-corrected chi connectivity index (χ4v) is 4.23. The minimum Gasteiger partial charge on any atom is -0.480 e. The Hall–Kier alpha value is -3.97. The van der Waals surface area contributed by atoms with Gasteiger partial charge in [0, 0.05) is 0 Å². The Bertz CT molecular complexity index is 1450. The molecule has 2 atom stereocenters. The molecule has 0 radical (unpaired) electrons. The summed E-state index contributed by atoms with van der Waals surface area (Å²) >= 11 is 5.95. The van der Waals surface area contributed by atoms with Gasteiger partial charge in [0.2, 0.25) is 0 Å². The van der Waals surface area contributed by atoms with Crippen LogP contribution in [0.1, 0.15) is 21.6 Å². The number of fused-ring (bicyclic) bond motifs is 1. The van der Waals surface area contributed by atoms with Crippen molar-refractivity contribution in [3.63, 3.8) is 0 Å². The predicted octanol–water partition coefficient (Wildman–Crippen LogP) is 5.12. The Labute approximate surface area is 194 Å². The summed E-state index contributed by atoms with van der Waals surface area (Å²) in [6, 6.07) is 7.96. The van der Waals surface area contributed by atoms with Crippen LogP contribution in [0.2, 0.25) is 5.02 Å². The van der Waals surface area contributed by atoms with E-state index >= 15 is 4.39 Å². The first-order chi connectivity index (χ1) is 16.0. The Morgan fingerprint density at radius 3 is 2.53 bits per heavy atom. The lowest BCUT2D eigenvalue weighted by atomic mass is 9.70. The first kappa shape index (κ1) is 23.2. The van der Waals surface area contributed by atoms with Gasteiger partial charge >= 0.3 is 12.1 Å². The van der Waals surface area contributed by atoms with E-state index in [9.17, 15) is 33.1 Å². The normalized spacial score (nSPS) is 19.8. The zero-order chi connectivity index (χ0) is 24.8. The number of carbonyl (C=O) groups excluding carboxylic acids is 1. The van der Waals surface area contributed by atoms with Gasteiger partial charge in [-0.25, -0.2) is 4.39 Å². The molecule has 172 valence electrons. The maximum absolute atomic E-state index is 15.0. The van der Waals surface area contributed by atoms with Crippen LogP contribution in [0, 0.1) is 23.1 Å². The molecule has 0 fully saturated rings. The highest BCUT2D eigenvalue weighted by atomic mass is 35.5. The number of hydrogen-bond acceptors (Lipinski definition) is 4. The number of carbonyl (C=O) groups is 2. The smallest absolute Gasteiger partial charge is 0.417 e. The van der Waals surface area contributed by atoms with Gasteiger partial charge in [-0.2, -0.15) is 28.2 Å². The lowest BCUT2D eigenvalue weighted by Crippen LogP contribution is -2.42. The molecule has 2 unspecified atom stereocenters. The Morgan fingerprint density at radius 2 is 1.88 bits per heavy atom. The second kappa shape index (κ2) is 8.11. The Balaban J connectivity index is 2.07. The van der Waals surface area contributed by atoms with E-state index in [2.05, 4.69) is 5.10 Å². The molecule has 4 rings (SSSR count). The molecule has 1 aliphatic carbocycles. The number of carboxylic acids is 1. The second-order valence-electron chi connectivity index (χ2n) is 7.38. The molecule has 1 heterocycles. The molecule has 2 aromatic carbocycles. The lowest BCUT2D eigenvalue weighted by Gasteiger charge is -2.29. The Kier molecular flexibility index (Phi) is 5.53. The van der Waals surface area contributed by atoms with E-state index in [0.717, 1.165) is 24.3 Å². The minimum atomic E-state index is -4.95. The first-order valence-corrected chi connectivity index (χ1v) is 9.99. The molecule has 0 aliphatic heterocycles. The van der Waals surface area contributed by atoms with Crippen molar-refractivity contribution < 1.29 is 32.3 Å². The van der Waals surface area contributed by atoms with Crippen molar-refractivity contribution in [3.8, 4) is 6.07 Å². The molecule has 3 aromatic rings. The van der Waals surface area contributed by atoms with Gasteiger partial charge in [0.15, 0.2) is 0 Å². The van der Waals surface area contributed by atoms with Crippen molar-refractivity contribution in [1.29, 1.82) is 5.26 Å². The third-order valence-corrected chi connectivity index (χ3v) is 5.85. The highest BCUT2D eigenvalue weighted by molar-refractivity contribution is 6.34. The number of carboxylic acid groups (broad SMARTS) is 1. The van der Waals surface area contributed by atoms with E-state index in [-0.39, 0.29) is 5.52 Å². The van der Waals surface area contributed by atoms with Gasteiger partial charge in [-0.15, -0.1) is 0 Å². The second-order valence-corrected chi connectivity index (χ2v) is 7.79. The number of aliphatic carboxylic acids is 1. The fraction of sp³-hybridized carbons (Fsp3) is 0.130.